The van der Waals surface area contributed by atoms with Gasteiger partial charge in [-0.2, -0.15) is 0 Å². The van der Waals surface area contributed by atoms with Crippen LogP contribution < -0.4 is 10.1 Å². The molecule has 4 nitrogen and oxygen atoms in total. The molecular formula is C10H9Cl2NO3. The fourth-order valence-corrected chi connectivity index (χ4v) is 1.57. The Morgan fingerprint density at radius 3 is 2.69 bits per heavy atom. The fraction of sp³-hybridized carbons (Fsp3) is 0.200. The van der Waals surface area contributed by atoms with Crippen LogP contribution in [0.5, 0.6) is 5.75 Å². The minimum Gasteiger partial charge on any atom is -0.495 e. The second-order valence-electron chi connectivity index (χ2n) is 2.89. The molecule has 16 heavy (non-hydrogen) atoms. The van der Waals surface area contributed by atoms with E-state index in [0.29, 0.717) is 16.3 Å². The molecular weight excluding hydrogens is 253 g/mol. The molecule has 1 N–H and O–H groups in total. The zero-order chi connectivity index (χ0) is 12.1. The molecule has 0 fully saturated rings. The Morgan fingerprint density at radius 1 is 1.44 bits per heavy atom. The highest BCUT2D eigenvalue weighted by molar-refractivity contribution is 6.43. The summed E-state index contributed by atoms with van der Waals surface area (Å²) in [7, 11) is 1.48. The Balaban J connectivity index is 2.86. The second kappa shape index (κ2) is 5.72. The van der Waals surface area contributed by atoms with Crippen LogP contribution >= 0.6 is 23.2 Å². The first-order chi connectivity index (χ1) is 7.60. The first-order valence-electron chi connectivity index (χ1n) is 4.34. The Hall–Kier alpha value is -1.26. The van der Waals surface area contributed by atoms with E-state index < -0.39 is 5.91 Å². The molecule has 1 rings (SSSR count). The molecule has 0 heterocycles. The molecule has 0 radical (unpaired) electrons. The minimum atomic E-state index is -0.706. The Bertz CT molecular complexity index is 421. The van der Waals surface area contributed by atoms with Crippen molar-refractivity contribution < 1.29 is 14.3 Å². The van der Waals surface area contributed by atoms with Crippen LogP contribution in [0, 0.1) is 0 Å². The normalized spacial score (nSPS) is 9.69. The molecule has 0 atom stereocenters. The molecule has 0 aliphatic rings. The molecule has 0 saturated heterocycles. The van der Waals surface area contributed by atoms with Crippen LogP contribution in [0.15, 0.2) is 12.1 Å². The average Bonchev–Trinajstić information content (AvgIpc) is 2.30. The average molecular weight is 262 g/mol. The monoisotopic (exact) mass is 261 g/mol. The number of carbonyl (C=O) groups is 2. The van der Waals surface area contributed by atoms with E-state index in [9.17, 15) is 9.59 Å². The molecule has 6 heteroatoms. The smallest absolute Gasteiger partial charge is 0.284 e. The number of rotatable bonds is 4. The number of hydrogen-bond acceptors (Lipinski definition) is 3. The van der Waals surface area contributed by atoms with Crippen molar-refractivity contribution in [1.29, 1.82) is 0 Å². The van der Waals surface area contributed by atoms with Crippen molar-refractivity contribution in [2.75, 3.05) is 7.11 Å². The van der Waals surface area contributed by atoms with Crippen molar-refractivity contribution >= 4 is 35.4 Å². The Morgan fingerprint density at radius 2 is 2.12 bits per heavy atom. The van der Waals surface area contributed by atoms with Gasteiger partial charge in [-0.3, -0.25) is 9.59 Å². The molecule has 0 aliphatic heterocycles. The van der Waals surface area contributed by atoms with E-state index >= 15 is 0 Å². The van der Waals surface area contributed by atoms with E-state index in [1.54, 1.807) is 12.1 Å². The third-order valence-corrected chi connectivity index (χ3v) is 2.81. The summed E-state index contributed by atoms with van der Waals surface area (Å²) in [6.45, 7) is 0.139. The molecule has 1 aromatic carbocycles. The lowest BCUT2D eigenvalue weighted by molar-refractivity contribution is -0.131. The molecule has 86 valence electrons. The minimum absolute atomic E-state index is 0.139. The van der Waals surface area contributed by atoms with Crippen LogP contribution in [0.2, 0.25) is 10.0 Å². The van der Waals surface area contributed by atoms with Crippen molar-refractivity contribution in [2.24, 2.45) is 0 Å². The number of carbonyl (C=O) groups excluding carboxylic acids is 2. The highest BCUT2D eigenvalue weighted by Crippen LogP contribution is 2.34. The molecule has 0 unspecified atom stereocenters. The number of halogens is 2. The van der Waals surface area contributed by atoms with Crippen molar-refractivity contribution in [2.45, 2.75) is 6.54 Å². The number of aldehydes is 1. The van der Waals surface area contributed by atoms with Gasteiger partial charge in [0.15, 0.2) is 0 Å². The van der Waals surface area contributed by atoms with E-state index in [-0.39, 0.29) is 17.9 Å². The van der Waals surface area contributed by atoms with E-state index in [1.165, 1.54) is 7.11 Å². The largest absolute Gasteiger partial charge is 0.495 e. The molecule has 1 amide bonds. The van der Waals surface area contributed by atoms with Gasteiger partial charge in [-0.15, -0.1) is 0 Å². The summed E-state index contributed by atoms with van der Waals surface area (Å²) in [6, 6.07) is 3.30. The van der Waals surface area contributed by atoms with Gasteiger partial charge >= 0.3 is 0 Å². The second-order valence-corrected chi connectivity index (χ2v) is 3.65. The van der Waals surface area contributed by atoms with Gasteiger partial charge < -0.3 is 10.1 Å². The van der Waals surface area contributed by atoms with Crippen molar-refractivity contribution in [3.63, 3.8) is 0 Å². The van der Waals surface area contributed by atoms with Gasteiger partial charge in [-0.1, -0.05) is 29.3 Å². The highest BCUT2D eigenvalue weighted by atomic mass is 35.5. The number of ether oxygens (including phenoxy) is 1. The topological polar surface area (TPSA) is 55.4 Å². The number of amides is 1. The summed E-state index contributed by atoms with van der Waals surface area (Å²) in [5.41, 5.74) is 0.614. The van der Waals surface area contributed by atoms with E-state index in [0.717, 1.165) is 0 Å². The van der Waals surface area contributed by atoms with Crippen molar-refractivity contribution in [3.05, 3.63) is 27.7 Å². The molecule has 0 saturated carbocycles. The molecule has 0 aromatic heterocycles. The number of benzene rings is 1. The fourth-order valence-electron chi connectivity index (χ4n) is 1.09. The zero-order valence-electron chi connectivity index (χ0n) is 8.42. The number of hydrogen-bond donors (Lipinski definition) is 1. The third-order valence-electron chi connectivity index (χ3n) is 1.91. The van der Waals surface area contributed by atoms with Gasteiger partial charge in [0, 0.05) is 6.54 Å². The van der Waals surface area contributed by atoms with Gasteiger partial charge in [0.1, 0.15) is 10.8 Å². The maximum absolute atomic E-state index is 10.7. The molecule has 0 bridgehead atoms. The van der Waals surface area contributed by atoms with E-state index in [2.05, 4.69) is 5.32 Å². The van der Waals surface area contributed by atoms with Gasteiger partial charge in [-0.05, 0) is 11.6 Å². The lowest BCUT2D eigenvalue weighted by Crippen LogP contribution is -2.23. The maximum atomic E-state index is 10.7. The third kappa shape index (κ3) is 2.87. The molecule has 0 spiro atoms. The van der Waals surface area contributed by atoms with Gasteiger partial charge in [0.05, 0.1) is 12.1 Å². The summed E-state index contributed by atoms with van der Waals surface area (Å²) >= 11 is 11.9. The van der Waals surface area contributed by atoms with Crippen LogP contribution in [0.25, 0.3) is 0 Å². The van der Waals surface area contributed by atoms with Crippen molar-refractivity contribution in [1.82, 2.24) is 5.32 Å². The maximum Gasteiger partial charge on any atom is 0.284 e. The summed E-state index contributed by atoms with van der Waals surface area (Å²) in [5, 5.41) is 2.94. The van der Waals surface area contributed by atoms with Crippen LogP contribution in [0.4, 0.5) is 0 Å². The first-order valence-corrected chi connectivity index (χ1v) is 5.09. The van der Waals surface area contributed by atoms with Crippen LogP contribution in [0.1, 0.15) is 5.56 Å². The van der Waals surface area contributed by atoms with Gasteiger partial charge in [0.2, 0.25) is 6.29 Å². The number of nitrogens with one attached hydrogen (secondary N) is 1. The summed E-state index contributed by atoms with van der Waals surface area (Å²) in [5.74, 6) is -0.250. The van der Waals surface area contributed by atoms with E-state index in [1.807, 2.05) is 0 Å². The van der Waals surface area contributed by atoms with Crippen LogP contribution in [-0.4, -0.2) is 19.3 Å². The standard InChI is InChI=1S/C10H9Cl2NO3/c1-16-7-3-2-6(9(11)10(7)12)4-13-8(15)5-14/h2-3,5H,4H2,1H3,(H,13,15). The Kier molecular flexibility index (Phi) is 4.58. The molecule has 0 aliphatic carbocycles. The van der Waals surface area contributed by atoms with Crippen LogP contribution in [0.3, 0.4) is 0 Å². The highest BCUT2D eigenvalue weighted by Gasteiger charge is 2.10. The summed E-state index contributed by atoms with van der Waals surface area (Å²) in [6.07, 6.45) is 0.193. The first kappa shape index (κ1) is 12.8. The van der Waals surface area contributed by atoms with Crippen molar-refractivity contribution in [3.8, 4) is 5.75 Å². The number of methoxy groups -OCH3 is 1. The van der Waals surface area contributed by atoms with Gasteiger partial charge in [0.25, 0.3) is 5.91 Å². The van der Waals surface area contributed by atoms with E-state index in [4.69, 9.17) is 27.9 Å². The lowest BCUT2D eigenvalue weighted by Gasteiger charge is -2.09. The quantitative estimate of drug-likeness (QED) is 0.665. The predicted octanol–water partition coefficient (Wildman–Crippen LogP) is 1.82. The summed E-state index contributed by atoms with van der Waals surface area (Å²) in [4.78, 5) is 20.8. The van der Waals surface area contributed by atoms with Crippen LogP contribution in [-0.2, 0) is 16.1 Å². The molecule has 1 aromatic rings. The zero-order valence-corrected chi connectivity index (χ0v) is 9.93. The Labute approximate surface area is 102 Å². The summed E-state index contributed by atoms with van der Waals surface area (Å²) < 4.78 is 4.97. The van der Waals surface area contributed by atoms with Gasteiger partial charge in [-0.25, -0.2) is 0 Å². The SMILES string of the molecule is COc1ccc(CNC(=O)C=O)c(Cl)c1Cl. The lowest BCUT2D eigenvalue weighted by atomic mass is 10.2. The predicted molar refractivity (Wildman–Crippen MR) is 60.9 cm³/mol.